The summed E-state index contributed by atoms with van der Waals surface area (Å²) in [6.07, 6.45) is 7.13. The van der Waals surface area contributed by atoms with Crippen molar-refractivity contribution >= 4 is 0 Å². The maximum atomic E-state index is 13.2. The summed E-state index contributed by atoms with van der Waals surface area (Å²) < 4.78 is 9.89. The quantitative estimate of drug-likeness (QED) is 0.154. The molecule has 392 valence electrons. The Bertz CT molecular complexity index is 1950. The molecule has 2 N–H and O–H groups in total. The first-order valence-corrected chi connectivity index (χ1v) is 26.5. The SMILES string of the molecule is C1CCOC1.C1CCOC1.CCC[NH+](Cc1cc(C)cc(C(C)(C)C)c1[O-])Cc1cc(C)cc(C(C)(C)C)c1[O-].CCC[NH+](Cc1cc(C)cc(C(C)(C)C)c1[O-])Cc1cc(C)cc(C(C)(C)C)c1[O-].[Li+].[Li+].[Li+].[Li+]. The summed E-state index contributed by atoms with van der Waals surface area (Å²) in [7, 11) is 0. The molecule has 74 heavy (non-hydrogen) atoms. The monoisotopic (exact) mass is 993 g/mol. The third-order valence-corrected chi connectivity index (χ3v) is 13.1. The summed E-state index contributed by atoms with van der Waals surface area (Å²) in [5, 5.41) is 52.8. The van der Waals surface area contributed by atoms with Crippen LogP contribution in [0.5, 0.6) is 23.0 Å². The van der Waals surface area contributed by atoms with Crippen LogP contribution in [0.4, 0.5) is 0 Å². The number of benzene rings is 4. The Balaban J connectivity index is 0. The first-order valence-electron chi connectivity index (χ1n) is 26.5. The molecule has 2 fully saturated rings. The minimum Gasteiger partial charge on any atom is -0.872 e. The molecule has 4 aromatic rings. The van der Waals surface area contributed by atoms with E-state index in [0.717, 1.165) is 119 Å². The second kappa shape index (κ2) is 33.7. The van der Waals surface area contributed by atoms with E-state index in [0.29, 0.717) is 26.2 Å². The third kappa shape index (κ3) is 24.1. The second-order valence-corrected chi connectivity index (χ2v) is 24.5. The smallest absolute Gasteiger partial charge is 0.872 e. The van der Waals surface area contributed by atoms with Crippen molar-refractivity contribution in [2.24, 2.45) is 0 Å². The standard InChI is InChI=1S/2C27H41NO2.2C4H8O.4Li/c2*1-10-11-28(16-20-12-18(2)14-22(24(20)29)26(4,5)6)17-21-13-19(3)15-23(25(21)30)27(7,8)9;2*1-2-4-5-3-1;;;;/h2*12-15,29-30H,10-11,16-17H2,1-9H3;2*1-4H2;;;;/q;;;;4*+1/p-2. The summed E-state index contributed by atoms with van der Waals surface area (Å²) >= 11 is 0. The van der Waals surface area contributed by atoms with Crippen molar-refractivity contribution < 1.29 is 115 Å². The molecule has 6 rings (SSSR count). The fourth-order valence-electron chi connectivity index (χ4n) is 9.43. The van der Waals surface area contributed by atoms with Crippen LogP contribution in [0.3, 0.4) is 0 Å². The van der Waals surface area contributed by atoms with Crippen LogP contribution in [0, 0.1) is 27.7 Å². The first-order chi connectivity index (χ1) is 32.5. The van der Waals surface area contributed by atoms with E-state index in [-0.39, 0.29) is 120 Å². The molecule has 0 bridgehead atoms. The molecule has 0 aliphatic carbocycles. The molecule has 0 unspecified atom stereocenters. The molecule has 4 aromatic carbocycles. The molecule has 2 aliphatic rings. The van der Waals surface area contributed by atoms with Crippen LogP contribution < -0.4 is 106 Å². The number of quaternary nitrogens is 2. The summed E-state index contributed by atoms with van der Waals surface area (Å²) in [6.45, 7) is 46.1. The number of hydrogen-bond donors (Lipinski definition) is 2. The van der Waals surface area contributed by atoms with Gasteiger partial charge in [0.2, 0.25) is 0 Å². The molecule has 2 saturated heterocycles. The van der Waals surface area contributed by atoms with Gasteiger partial charge in [-0.1, -0.05) is 191 Å². The van der Waals surface area contributed by atoms with Gasteiger partial charge in [0.15, 0.2) is 0 Å². The van der Waals surface area contributed by atoms with Gasteiger partial charge in [-0.3, -0.25) is 0 Å². The van der Waals surface area contributed by atoms with E-state index >= 15 is 0 Å². The van der Waals surface area contributed by atoms with Crippen LogP contribution in [0.2, 0.25) is 0 Å². The minimum atomic E-state index is -0.177. The van der Waals surface area contributed by atoms with Crippen LogP contribution in [0.1, 0.15) is 202 Å². The molecule has 0 saturated carbocycles. The predicted octanol–water partition coefficient (Wildman–Crippen LogP) is -2.31. The molecular weight excluding hydrogens is 896 g/mol. The molecule has 2 heterocycles. The van der Waals surface area contributed by atoms with Crippen molar-refractivity contribution in [3.05, 3.63) is 115 Å². The largest absolute Gasteiger partial charge is 1.00 e. The Morgan fingerprint density at radius 2 is 0.554 bits per heavy atom. The molecule has 12 heteroatoms. The van der Waals surface area contributed by atoms with Crippen LogP contribution in [-0.4, -0.2) is 39.5 Å². The van der Waals surface area contributed by atoms with Gasteiger partial charge in [0, 0.05) is 26.4 Å². The van der Waals surface area contributed by atoms with Gasteiger partial charge in [0.25, 0.3) is 0 Å². The predicted molar refractivity (Wildman–Crippen MR) is 284 cm³/mol. The minimum absolute atomic E-state index is 0. The topological polar surface area (TPSA) is 120 Å². The van der Waals surface area contributed by atoms with Gasteiger partial charge in [-0.25, -0.2) is 0 Å². The normalized spacial score (nSPS) is 13.5. The van der Waals surface area contributed by atoms with Gasteiger partial charge < -0.3 is 39.7 Å². The Labute approximate surface area is 500 Å². The van der Waals surface area contributed by atoms with E-state index in [9.17, 15) is 20.4 Å². The summed E-state index contributed by atoms with van der Waals surface area (Å²) in [6, 6.07) is 16.2. The number of aryl methyl sites for hydroxylation is 4. The second-order valence-electron chi connectivity index (χ2n) is 24.5. The molecule has 0 aromatic heterocycles. The fraction of sp³-hybridized carbons (Fsp3) is 0.613. The van der Waals surface area contributed by atoms with Crippen LogP contribution in [-0.2, 0) is 57.3 Å². The molecule has 0 radical (unpaired) electrons. The number of ether oxygens (including phenoxy) is 2. The Morgan fingerprint density at radius 1 is 0.365 bits per heavy atom. The van der Waals surface area contributed by atoms with Gasteiger partial charge in [-0.15, -0.1) is 0 Å². The summed E-state index contributed by atoms with van der Waals surface area (Å²) in [5.41, 5.74) is 10.7. The number of nitrogens with one attached hydrogen (secondary N) is 2. The van der Waals surface area contributed by atoms with Crippen LogP contribution in [0.25, 0.3) is 0 Å². The van der Waals surface area contributed by atoms with Gasteiger partial charge in [0.1, 0.15) is 26.2 Å². The van der Waals surface area contributed by atoms with Gasteiger partial charge >= 0.3 is 75.4 Å². The molecule has 0 amide bonds. The van der Waals surface area contributed by atoms with Crippen molar-refractivity contribution in [1.29, 1.82) is 0 Å². The van der Waals surface area contributed by atoms with E-state index in [1.807, 2.05) is 48.5 Å². The van der Waals surface area contributed by atoms with E-state index in [2.05, 4.69) is 125 Å². The molecule has 0 atom stereocenters. The van der Waals surface area contributed by atoms with Crippen molar-refractivity contribution in [3.8, 4) is 23.0 Å². The van der Waals surface area contributed by atoms with E-state index in [1.165, 1.54) is 35.5 Å². The molecular formula is C62H96Li4N2O6+2. The van der Waals surface area contributed by atoms with Gasteiger partial charge in [-0.2, -0.15) is 0 Å². The van der Waals surface area contributed by atoms with Crippen molar-refractivity contribution in [2.45, 2.75) is 211 Å². The van der Waals surface area contributed by atoms with Crippen molar-refractivity contribution in [1.82, 2.24) is 0 Å². The average Bonchev–Trinajstić information content (AvgIpc) is 4.03. The van der Waals surface area contributed by atoms with Crippen LogP contribution in [0.15, 0.2) is 48.5 Å². The number of hydrogen-bond acceptors (Lipinski definition) is 6. The van der Waals surface area contributed by atoms with E-state index in [4.69, 9.17) is 9.47 Å². The summed E-state index contributed by atoms with van der Waals surface area (Å²) in [4.78, 5) is 2.53. The van der Waals surface area contributed by atoms with Gasteiger partial charge in [0.05, 0.1) is 13.1 Å². The van der Waals surface area contributed by atoms with Crippen LogP contribution >= 0.6 is 0 Å². The maximum absolute atomic E-state index is 13.2. The number of rotatable bonds is 12. The zero-order valence-corrected chi connectivity index (χ0v) is 51.4. The Kier molecular flexibility index (Phi) is 33.9. The fourth-order valence-corrected chi connectivity index (χ4v) is 9.43. The Hall–Kier alpha value is -1.69. The van der Waals surface area contributed by atoms with Crippen molar-refractivity contribution in [2.75, 3.05) is 39.5 Å². The first kappa shape index (κ1) is 74.4. The maximum Gasteiger partial charge on any atom is 1.00 e. The zero-order valence-electron chi connectivity index (χ0n) is 51.4. The molecule has 8 nitrogen and oxygen atoms in total. The average molecular weight is 993 g/mol. The van der Waals surface area contributed by atoms with E-state index < -0.39 is 0 Å². The zero-order chi connectivity index (χ0) is 52.8. The van der Waals surface area contributed by atoms with Crippen molar-refractivity contribution in [3.63, 3.8) is 0 Å². The molecule has 0 spiro atoms. The third-order valence-electron chi connectivity index (χ3n) is 13.1. The van der Waals surface area contributed by atoms with Gasteiger partial charge in [-0.05, 0) is 132 Å². The summed E-state index contributed by atoms with van der Waals surface area (Å²) in [5.74, 6) is 0.625. The Morgan fingerprint density at radius 3 is 0.689 bits per heavy atom. The van der Waals surface area contributed by atoms with E-state index in [1.54, 1.807) is 0 Å². The molecule has 2 aliphatic heterocycles.